The number of aromatic nitrogens is 1. The highest BCUT2D eigenvalue weighted by atomic mass is 35.5. The van der Waals surface area contributed by atoms with E-state index in [0.717, 1.165) is 39.1 Å². The maximum atomic E-state index is 11.3. The van der Waals surface area contributed by atoms with Crippen molar-refractivity contribution in [2.45, 2.75) is 26.2 Å². The van der Waals surface area contributed by atoms with Crippen molar-refractivity contribution in [2.24, 2.45) is 5.16 Å². The number of carboxylic acids is 1. The molecule has 1 unspecified atom stereocenters. The molecule has 0 fully saturated rings. The quantitative estimate of drug-likeness (QED) is 0.166. The Bertz CT molecular complexity index is 1400. The van der Waals surface area contributed by atoms with Crippen molar-refractivity contribution in [3.05, 3.63) is 124 Å². The molecule has 3 aromatic carbocycles. The van der Waals surface area contributed by atoms with Gasteiger partial charge in [0.2, 0.25) is 0 Å². The molecule has 5 nitrogen and oxygen atoms in total. The Hall–Kier alpha value is -3.96. The zero-order valence-electron chi connectivity index (χ0n) is 19.4. The van der Waals surface area contributed by atoms with E-state index >= 15 is 0 Å². The number of halogens is 1. The minimum atomic E-state index is -1.05. The van der Waals surface area contributed by atoms with E-state index in [9.17, 15) is 15.1 Å². The summed E-state index contributed by atoms with van der Waals surface area (Å²) in [5.74, 6) is -1.09. The molecule has 0 aliphatic rings. The van der Waals surface area contributed by atoms with Crippen LogP contribution in [0.1, 0.15) is 50.6 Å². The molecule has 2 N–H and O–H groups in total. The molecule has 4 rings (SSSR count). The lowest BCUT2D eigenvalue weighted by Crippen LogP contribution is -2.12. The van der Waals surface area contributed by atoms with Crippen LogP contribution in [0.5, 0.6) is 0 Å². The summed E-state index contributed by atoms with van der Waals surface area (Å²) in [7, 11) is 0. The van der Waals surface area contributed by atoms with Crippen molar-refractivity contribution >= 4 is 23.3 Å². The molecule has 0 saturated carbocycles. The normalized spacial score (nSPS) is 12.4. The van der Waals surface area contributed by atoms with Crippen molar-refractivity contribution in [1.29, 1.82) is 0 Å². The first-order valence-corrected chi connectivity index (χ1v) is 11.6. The maximum absolute atomic E-state index is 11.3. The summed E-state index contributed by atoms with van der Waals surface area (Å²) in [4.78, 5) is 15.5. The minimum absolute atomic E-state index is 0.0393. The molecule has 1 heterocycles. The summed E-state index contributed by atoms with van der Waals surface area (Å²) < 4.78 is 0. The average Bonchev–Trinajstić information content (AvgIpc) is 2.85. The summed E-state index contributed by atoms with van der Waals surface area (Å²) in [5.41, 5.74) is 7.50. The number of carboxylic acid groups (broad SMARTS) is 1. The number of aromatic carboxylic acids is 1. The van der Waals surface area contributed by atoms with Crippen molar-refractivity contribution in [3.8, 4) is 11.1 Å². The highest BCUT2D eigenvalue weighted by molar-refractivity contribution is 6.33. The van der Waals surface area contributed by atoms with Crippen molar-refractivity contribution in [1.82, 2.24) is 4.98 Å². The van der Waals surface area contributed by atoms with Crippen LogP contribution in [0.2, 0.25) is 5.02 Å². The van der Waals surface area contributed by atoms with Gasteiger partial charge in [0.05, 0.1) is 16.3 Å². The fraction of sp³-hybridized carbons (Fsp3) is 0.138. The van der Waals surface area contributed by atoms with Crippen molar-refractivity contribution in [2.75, 3.05) is 0 Å². The first kappa shape index (κ1) is 24.2. The third-order valence-corrected chi connectivity index (χ3v) is 6.47. The van der Waals surface area contributed by atoms with Gasteiger partial charge in [-0.15, -0.1) is 0 Å². The monoisotopic (exact) mass is 484 g/mol. The highest BCUT2D eigenvalue weighted by Gasteiger charge is 2.21. The number of carbonyl (C=O) groups is 1. The summed E-state index contributed by atoms with van der Waals surface area (Å²) in [6.07, 6.45) is 2.22. The van der Waals surface area contributed by atoms with Crippen LogP contribution in [-0.4, -0.2) is 27.0 Å². The van der Waals surface area contributed by atoms with Crippen LogP contribution < -0.4 is 0 Å². The number of rotatable bonds is 7. The van der Waals surface area contributed by atoms with Crippen LogP contribution in [0.4, 0.5) is 0 Å². The number of hydrogen-bond acceptors (Lipinski definition) is 4. The van der Waals surface area contributed by atoms with Crippen molar-refractivity contribution < 1.29 is 15.1 Å². The molecule has 0 spiro atoms. The fourth-order valence-corrected chi connectivity index (χ4v) is 4.56. The molecule has 35 heavy (non-hydrogen) atoms. The third kappa shape index (κ3) is 5.42. The zero-order valence-corrected chi connectivity index (χ0v) is 20.2. The molecule has 0 saturated heterocycles. The summed E-state index contributed by atoms with van der Waals surface area (Å²) >= 11 is 6.17. The molecule has 4 aromatic rings. The second-order valence-corrected chi connectivity index (χ2v) is 8.87. The summed E-state index contributed by atoms with van der Waals surface area (Å²) in [5, 5.41) is 23.0. The van der Waals surface area contributed by atoms with Gasteiger partial charge in [-0.2, -0.15) is 0 Å². The van der Waals surface area contributed by atoms with Gasteiger partial charge in [0.1, 0.15) is 0 Å². The lowest BCUT2D eigenvalue weighted by atomic mass is 9.83. The minimum Gasteiger partial charge on any atom is -0.478 e. The van der Waals surface area contributed by atoms with Gasteiger partial charge in [-0.1, -0.05) is 71.4 Å². The van der Waals surface area contributed by atoms with Crippen molar-refractivity contribution in [3.63, 3.8) is 0 Å². The third-order valence-electron chi connectivity index (χ3n) is 6.16. The molecule has 0 aliphatic carbocycles. The summed E-state index contributed by atoms with van der Waals surface area (Å²) in [6, 6.07) is 25.0. The molecule has 0 aliphatic heterocycles. The summed E-state index contributed by atoms with van der Waals surface area (Å²) in [6.45, 7) is 3.99. The van der Waals surface area contributed by atoms with Crippen LogP contribution in [0.3, 0.4) is 0 Å². The molecule has 6 heteroatoms. The van der Waals surface area contributed by atoms with Gasteiger partial charge in [-0.05, 0) is 65.9 Å². The maximum Gasteiger partial charge on any atom is 0.337 e. The Labute approximate surface area is 209 Å². The van der Waals surface area contributed by atoms with Gasteiger partial charge in [-0.3, -0.25) is 4.98 Å². The van der Waals surface area contributed by atoms with Crippen LogP contribution in [-0.2, 0) is 0 Å². The Morgan fingerprint density at radius 2 is 1.69 bits per heavy atom. The number of aryl methyl sites for hydroxylation is 2. The van der Waals surface area contributed by atoms with Crippen LogP contribution in [0.25, 0.3) is 11.1 Å². The smallest absolute Gasteiger partial charge is 0.337 e. The second kappa shape index (κ2) is 10.5. The van der Waals surface area contributed by atoms with Crippen LogP contribution in [0.15, 0.2) is 90.2 Å². The van der Waals surface area contributed by atoms with E-state index in [2.05, 4.69) is 41.3 Å². The Kier molecular flexibility index (Phi) is 7.28. The topological polar surface area (TPSA) is 82.8 Å². The molecule has 176 valence electrons. The molecular formula is C29H25ClN2O3. The molecule has 1 aromatic heterocycles. The van der Waals surface area contributed by atoms with E-state index in [1.54, 1.807) is 18.3 Å². The largest absolute Gasteiger partial charge is 0.478 e. The van der Waals surface area contributed by atoms with E-state index in [1.807, 2.05) is 43.3 Å². The number of hydrogen-bond donors (Lipinski definition) is 2. The van der Waals surface area contributed by atoms with Crippen LogP contribution in [0, 0.1) is 13.8 Å². The Balaban J connectivity index is 1.71. The lowest BCUT2D eigenvalue weighted by molar-refractivity contribution is 0.0697. The van der Waals surface area contributed by atoms with E-state index in [-0.39, 0.29) is 16.5 Å². The fourth-order valence-electron chi connectivity index (χ4n) is 4.30. The number of nitrogens with zero attached hydrogens (tertiary/aromatic N) is 2. The second-order valence-electron chi connectivity index (χ2n) is 8.47. The van der Waals surface area contributed by atoms with E-state index in [4.69, 9.17) is 11.6 Å². The molecule has 0 bridgehead atoms. The lowest BCUT2D eigenvalue weighted by Gasteiger charge is -2.21. The number of benzene rings is 3. The van der Waals surface area contributed by atoms with E-state index < -0.39 is 5.97 Å². The van der Waals surface area contributed by atoms with Gasteiger partial charge in [0.15, 0.2) is 0 Å². The molecule has 0 amide bonds. The van der Waals surface area contributed by atoms with E-state index in [1.165, 1.54) is 6.07 Å². The highest BCUT2D eigenvalue weighted by Crippen LogP contribution is 2.34. The Morgan fingerprint density at radius 3 is 2.31 bits per heavy atom. The number of oxime groups is 1. The standard InChI is InChI=1S/C29H25ClN2O3/c1-18-5-3-4-6-24(18)26(17-28(32-35)23-13-14-31-19(2)15-23)21-9-7-20(8-10-21)22-11-12-25(29(33)34)27(30)16-22/h3-16,26,35H,17H2,1-2H3,(H,33,34)/b32-28+. The molecular weight excluding hydrogens is 460 g/mol. The van der Waals surface area contributed by atoms with Gasteiger partial charge >= 0.3 is 5.97 Å². The first-order valence-electron chi connectivity index (χ1n) is 11.2. The molecule has 1 atom stereocenters. The average molecular weight is 485 g/mol. The van der Waals surface area contributed by atoms with Gasteiger partial charge in [0, 0.05) is 29.8 Å². The van der Waals surface area contributed by atoms with Gasteiger partial charge in [0.25, 0.3) is 0 Å². The molecule has 0 radical (unpaired) electrons. The SMILES string of the molecule is Cc1cc(/C(CC(c2ccc(-c3ccc(C(=O)O)c(Cl)c3)cc2)c2ccccc2C)=N/O)ccn1. The van der Waals surface area contributed by atoms with E-state index in [0.29, 0.717) is 12.1 Å². The number of pyridine rings is 1. The Morgan fingerprint density at radius 1 is 0.971 bits per heavy atom. The zero-order chi connectivity index (χ0) is 24.9. The van der Waals surface area contributed by atoms with Gasteiger partial charge < -0.3 is 10.3 Å². The first-order chi connectivity index (χ1) is 16.9. The van der Waals surface area contributed by atoms with Crippen LogP contribution >= 0.6 is 11.6 Å². The van der Waals surface area contributed by atoms with Gasteiger partial charge in [-0.25, -0.2) is 4.79 Å². The predicted octanol–water partition coefficient (Wildman–Crippen LogP) is 7.12. The predicted molar refractivity (Wildman–Crippen MR) is 139 cm³/mol.